The summed E-state index contributed by atoms with van der Waals surface area (Å²) in [5.41, 5.74) is -3.57. The molecule has 0 bridgehead atoms. The van der Waals surface area contributed by atoms with Gasteiger partial charge in [0.1, 0.15) is 6.23 Å². The van der Waals surface area contributed by atoms with Gasteiger partial charge in [0.25, 0.3) is 0 Å². The number of aliphatic hydroxyl groups excluding tert-OH is 1. The number of piperidine rings is 1. The van der Waals surface area contributed by atoms with Crippen LogP contribution in [0.5, 0.6) is 0 Å². The lowest BCUT2D eigenvalue weighted by Crippen LogP contribution is -2.58. The molecule has 0 spiro atoms. The molecule has 0 aliphatic carbocycles. The first-order valence-corrected chi connectivity index (χ1v) is 12.5. The second kappa shape index (κ2) is 11.1. The van der Waals surface area contributed by atoms with Crippen LogP contribution in [0.1, 0.15) is 69.7 Å². The van der Waals surface area contributed by atoms with E-state index in [1.807, 2.05) is 6.92 Å². The summed E-state index contributed by atoms with van der Waals surface area (Å²) in [7, 11) is 0. The normalized spacial score (nSPS) is 20.9. The Bertz CT molecular complexity index is 1070. The molecular weight excluding hydrogens is 536 g/mol. The molecule has 0 radical (unpaired) electrons. The van der Waals surface area contributed by atoms with Crippen LogP contribution in [-0.2, 0) is 30.1 Å². The Balaban J connectivity index is 1.90. The van der Waals surface area contributed by atoms with Crippen LogP contribution in [0.2, 0.25) is 0 Å². The minimum absolute atomic E-state index is 0.0210. The van der Waals surface area contributed by atoms with Crippen LogP contribution in [-0.4, -0.2) is 84.3 Å². The number of amides is 2. The summed E-state index contributed by atoms with van der Waals surface area (Å²) < 4.78 is 80.3. The Morgan fingerprint density at radius 3 is 2.28 bits per heavy atom. The number of aliphatic hydroxyl groups is 1. The molecule has 1 saturated heterocycles. The van der Waals surface area contributed by atoms with Crippen molar-refractivity contribution in [2.75, 3.05) is 19.6 Å². The topological polar surface area (TPSA) is 110 Å². The van der Waals surface area contributed by atoms with E-state index in [0.29, 0.717) is 19.4 Å². The van der Waals surface area contributed by atoms with Gasteiger partial charge in [-0.1, -0.05) is 6.92 Å². The highest BCUT2D eigenvalue weighted by atomic mass is 19.4. The van der Waals surface area contributed by atoms with E-state index in [2.05, 4.69) is 9.97 Å². The third-order valence-corrected chi connectivity index (χ3v) is 6.98. The number of fused-ring (bicyclic) bond motifs is 1. The molecule has 0 aromatic carbocycles. The molecule has 15 heteroatoms. The lowest BCUT2D eigenvalue weighted by Gasteiger charge is -2.44. The quantitative estimate of drug-likeness (QED) is 0.499. The summed E-state index contributed by atoms with van der Waals surface area (Å²) in [6.45, 7) is 6.59. The number of aromatic nitrogens is 2. The lowest BCUT2D eigenvalue weighted by molar-refractivity contribution is -0.153. The fraction of sp³-hybridized carbons (Fsp3) is 0.750. The Morgan fingerprint density at radius 2 is 1.74 bits per heavy atom. The largest absolute Gasteiger partial charge is 0.465 e. The second-order valence-corrected chi connectivity index (χ2v) is 11.2. The van der Waals surface area contributed by atoms with Gasteiger partial charge in [-0.15, -0.1) is 0 Å². The molecule has 39 heavy (non-hydrogen) atoms. The highest BCUT2D eigenvalue weighted by molar-refractivity contribution is 5.77. The third kappa shape index (κ3) is 7.29. The molecule has 2 amide bonds. The van der Waals surface area contributed by atoms with Crippen molar-refractivity contribution in [1.29, 1.82) is 0 Å². The molecule has 9 nitrogen and oxygen atoms in total. The summed E-state index contributed by atoms with van der Waals surface area (Å²) in [4.78, 5) is 34.8. The molecule has 220 valence electrons. The van der Waals surface area contributed by atoms with Gasteiger partial charge < -0.3 is 15.1 Å². The fourth-order valence-corrected chi connectivity index (χ4v) is 5.24. The molecule has 2 N–H and O–H groups in total. The molecule has 2 aliphatic heterocycles. The number of nitrogens with zero attached hydrogens (tertiary/aromatic N) is 5. The fourth-order valence-electron chi connectivity index (χ4n) is 5.24. The average molecular weight is 570 g/mol. The van der Waals surface area contributed by atoms with Crippen LogP contribution >= 0.6 is 0 Å². The molecule has 1 fully saturated rings. The van der Waals surface area contributed by atoms with Crippen molar-refractivity contribution in [2.45, 2.75) is 90.1 Å². The van der Waals surface area contributed by atoms with Crippen LogP contribution in [0.15, 0.2) is 0 Å². The standard InChI is InChI=1S/C24H33F6N5O4/c1-13-5-6-17(36)34(10-13)11-14(35(21(38)39)22(2,3)4)9-18(37)33-8-7-15-16(12-33)31-20(24(28,29)30)32-19(15)23(25,26)27/h13-14,18,37H,5-12H2,1-4H3,(H,38,39)/t13-,14-,18?/m0/s1. The van der Waals surface area contributed by atoms with Crippen molar-refractivity contribution in [1.82, 2.24) is 24.7 Å². The van der Waals surface area contributed by atoms with Crippen molar-refractivity contribution in [2.24, 2.45) is 5.92 Å². The summed E-state index contributed by atoms with van der Waals surface area (Å²) in [6.07, 6.45) is -12.7. The molecule has 2 aliphatic rings. The Labute approximate surface area is 221 Å². The van der Waals surface area contributed by atoms with E-state index in [1.54, 1.807) is 20.8 Å². The van der Waals surface area contributed by atoms with Crippen LogP contribution in [0.4, 0.5) is 31.1 Å². The van der Waals surface area contributed by atoms with Gasteiger partial charge >= 0.3 is 18.4 Å². The first-order chi connectivity index (χ1) is 17.8. The molecule has 1 aromatic heterocycles. The number of hydrogen-bond donors (Lipinski definition) is 2. The van der Waals surface area contributed by atoms with Crippen molar-refractivity contribution < 1.29 is 46.1 Å². The predicted octanol–water partition coefficient (Wildman–Crippen LogP) is 3.99. The van der Waals surface area contributed by atoms with E-state index in [1.165, 1.54) is 9.80 Å². The Morgan fingerprint density at radius 1 is 1.10 bits per heavy atom. The lowest BCUT2D eigenvalue weighted by atomic mass is 9.96. The average Bonchev–Trinajstić information content (AvgIpc) is 2.77. The van der Waals surface area contributed by atoms with E-state index < -0.39 is 65.6 Å². The Kier molecular flexibility index (Phi) is 8.75. The van der Waals surface area contributed by atoms with Crippen LogP contribution in [0.25, 0.3) is 0 Å². The van der Waals surface area contributed by atoms with Crippen LogP contribution in [0, 0.1) is 5.92 Å². The molecule has 3 heterocycles. The van der Waals surface area contributed by atoms with E-state index >= 15 is 0 Å². The van der Waals surface area contributed by atoms with Gasteiger partial charge in [-0.3, -0.25) is 14.6 Å². The smallest absolute Gasteiger partial charge is 0.451 e. The zero-order valence-corrected chi connectivity index (χ0v) is 22.1. The number of carboxylic acid groups (broad SMARTS) is 1. The highest BCUT2D eigenvalue weighted by Gasteiger charge is 2.44. The second-order valence-electron chi connectivity index (χ2n) is 11.2. The number of carbonyl (C=O) groups is 2. The van der Waals surface area contributed by atoms with Crippen molar-refractivity contribution in [3.63, 3.8) is 0 Å². The molecular formula is C24H33F6N5O4. The molecule has 1 unspecified atom stereocenters. The number of hydrogen-bond acceptors (Lipinski definition) is 6. The maximum atomic E-state index is 13.5. The molecule has 0 saturated carbocycles. The van der Waals surface area contributed by atoms with Gasteiger partial charge in [-0.25, -0.2) is 14.8 Å². The number of halogens is 6. The van der Waals surface area contributed by atoms with Gasteiger partial charge in [-0.2, -0.15) is 26.3 Å². The zero-order chi connectivity index (χ0) is 29.5. The summed E-state index contributed by atoms with van der Waals surface area (Å²) in [6, 6.07) is -0.907. The minimum atomic E-state index is -5.21. The molecule has 3 rings (SSSR count). The van der Waals surface area contributed by atoms with Crippen LogP contribution in [0.3, 0.4) is 0 Å². The van der Waals surface area contributed by atoms with Crippen molar-refractivity contribution in [3.8, 4) is 0 Å². The van der Waals surface area contributed by atoms with Gasteiger partial charge in [0, 0.05) is 50.1 Å². The summed E-state index contributed by atoms with van der Waals surface area (Å²) in [5, 5.41) is 21.1. The monoisotopic (exact) mass is 569 g/mol. The maximum Gasteiger partial charge on any atom is 0.451 e. The van der Waals surface area contributed by atoms with Gasteiger partial charge in [-0.05, 0) is 39.5 Å². The summed E-state index contributed by atoms with van der Waals surface area (Å²) in [5.74, 6) is -1.90. The minimum Gasteiger partial charge on any atom is -0.465 e. The number of carbonyl (C=O) groups excluding carboxylic acids is 1. The molecule has 3 atom stereocenters. The van der Waals surface area contributed by atoms with E-state index in [4.69, 9.17) is 0 Å². The van der Waals surface area contributed by atoms with E-state index in [-0.39, 0.29) is 37.8 Å². The maximum absolute atomic E-state index is 13.5. The number of likely N-dealkylation sites (tertiary alicyclic amines) is 1. The van der Waals surface area contributed by atoms with Crippen molar-refractivity contribution in [3.05, 3.63) is 22.8 Å². The number of alkyl halides is 6. The first-order valence-electron chi connectivity index (χ1n) is 12.5. The van der Waals surface area contributed by atoms with E-state index in [0.717, 1.165) is 4.90 Å². The first kappa shape index (κ1) is 30.9. The third-order valence-electron chi connectivity index (χ3n) is 6.98. The van der Waals surface area contributed by atoms with Crippen LogP contribution < -0.4 is 0 Å². The predicted molar refractivity (Wildman–Crippen MR) is 125 cm³/mol. The zero-order valence-electron chi connectivity index (χ0n) is 22.1. The van der Waals surface area contributed by atoms with Gasteiger partial charge in [0.05, 0.1) is 11.7 Å². The summed E-state index contributed by atoms with van der Waals surface area (Å²) >= 11 is 0. The molecule has 1 aromatic rings. The van der Waals surface area contributed by atoms with Gasteiger partial charge in [0.15, 0.2) is 5.69 Å². The highest BCUT2D eigenvalue weighted by Crippen LogP contribution is 2.37. The Hall–Kier alpha value is -2.68. The SMILES string of the molecule is C[C@H]1CCC(=O)N(C[C@H](CC(O)N2CCc3c(nc(C(F)(F)F)nc3C(F)(F)F)C2)N(C(=O)O)C(C)(C)C)C1. The van der Waals surface area contributed by atoms with Gasteiger partial charge in [0.2, 0.25) is 11.7 Å². The van der Waals surface area contributed by atoms with Crippen molar-refractivity contribution >= 4 is 12.0 Å². The van der Waals surface area contributed by atoms with E-state index in [9.17, 15) is 46.1 Å². The number of rotatable bonds is 6.